The summed E-state index contributed by atoms with van der Waals surface area (Å²) in [6.07, 6.45) is 0. The molecular weight excluding hydrogens is 200 g/mol. The van der Waals surface area contributed by atoms with Gasteiger partial charge in [-0.15, -0.1) is 0 Å². The molecule has 0 spiro atoms. The summed E-state index contributed by atoms with van der Waals surface area (Å²) in [6, 6.07) is 5.09. The lowest BCUT2D eigenvalue weighted by molar-refractivity contribution is 0.100. The molecule has 1 aromatic rings. The van der Waals surface area contributed by atoms with E-state index in [9.17, 15) is 4.79 Å². The van der Waals surface area contributed by atoms with E-state index in [1.807, 2.05) is 13.0 Å². The minimum atomic E-state index is -0.457. The van der Waals surface area contributed by atoms with Crippen molar-refractivity contribution in [3.8, 4) is 0 Å². The topological polar surface area (TPSA) is 55.1 Å². The van der Waals surface area contributed by atoms with Gasteiger partial charge in [0.15, 0.2) is 0 Å². The van der Waals surface area contributed by atoms with Gasteiger partial charge in [0, 0.05) is 17.1 Å². The first kappa shape index (κ1) is 11.0. The molecule has 3 N–H and O–H groups in total. The zero-order valence-corrected chi connectivity index (χ0v) is 8.77. The van der Waals surface area contributed by atoms with Crippen molar-refractivity contribution in [1.82, 2.24) is 5.32 Å². The summed E-state index contributed by atoms with van der Waals surface area (Å²) >= 11 is 5.96. The van der Waals surface area contributed by atoms with Crippen molar-refractivity contribution in [2.45, 2.75) is 13.5 Å². The van der Waals surface area contributed by atoms with Gasteiger partial charge in [0.05, 0.1) is 0 Å². The highest BCUT2D eigenvalue weighted by molar-refractivity contribution is 6.31. The van der Waals surface area contributed by atoms with E-state index in [2.05, 4.69) is 5.32 Å². The van der Waals surface area contributed by atoms with Crippen LogP contribution in [0.25, 0.3) is 0 Å². The van der Waals surface area contributed by atoms with Gasteiger partial charge in [-0.25, -0.2) is 0 Å². The highest BCUT2D eigenvalue weighted by Gasteiger charge is 2.04. The van der Waals surface area contributed by atoms with E-state index in [1.54, 1.807) is 12.1 Å². The largest absolute Gasteiger partial charge is 0.366 e. The first-order valence-corrected chi connectivity index (χ1v) is 4.82. The summed E-state index contributed by atoms with van der Waals surface area (Å²) < 4.78 is 0. The van der Waals surface area contributed by atoms with Gasteiger partial charge in [-0.1, -0.05) is 24.6 Å². The Labute approximate surface area is 88.2 Å². The van der Waals surface area contributed by atoms with E-state index < -0.39 is 5.91 Å². The minimum absolute atomic E-state index is 0.440. The number of hydrogen-bond donors (Lipinski definition) is 2. The van der Waals surface area contributed by atoms with Crippen LogP contribution in [0.5, 0.6) is 0 Å². The van der Waals surface area contributed by atoms with E-state index in [1.165, 1.54) is 0 Å². The van der Waals surface area contributed by atoms with Crippen molar-refractivity contribution < 1.29 is 4.79 Å². The molecule has 1 rings (SSSR count). The molecule has 0 saturated carbocycles. The van der Waals surface area contributed by atoms with Gasteiger partial charge < -0.3 is 11.1 Å². The molecule has 0 saturated heterocycles. The van der Waals surface area contributed by atoms with E-state index in [-0.39, 0.29) is 0 Å². The molecular formula is C10H13ClN2O. The molecule has 0 aliphatic carbocycles. The quantitative estimate of drug-likeness (QED) is 0.796. The number of rotatable bonds is 4. The van der Waals surface area contributed by atoms with Crippen LogP contribution < -0.4 is 11.1 Å². The van der Waals surface area contributed by atoms with Crippen molar-refractivity contribution in [3.63, 3.8) is 0 Å². The summed E-state index contributed by atoms with van der Waals surface area (Å²) in [7, 11) is 0. The van der Waals surface area contributed by atoms with Gasteiger partial charge >= 0.3 is 0 Å². The molecule has 0 fully saturated rings. The van der Waals surface area contributed by atoms with Crippen LogP contribution in [0, 0.1) is 0 Å². The third kappa shape index (κ3) is 2.72. The number of nitrogens with one attached hydrogen (secondary N) is 1. The molecule has 14 heavy (non-hydrogen) atoms. The van der Waals surface area contributed by atoms with Crippen LogP contribution >= 0.6 is 11.6 Å². The van der Waals surface area contributed by atoms with Crippen molar-refractivity contribution in [2.75, 3.05) is 6.54 Å². The van der Waals surface area contributed by atoms with Crippen LogP contribution in [-0.4, -0.2) is 12.5 Å². The number of benzene rings is 1. The lowest BCUT2D eigenvalue weighted by Crippen LogP contribution is -2.14. The first-order chi connectivity index (χ1) is 6.65. The molecule has 0 aromatic heterocycles. The van der Waals surface area contributed by atoms with Gasteiger partial charge in [-0.05, 0) is 24.2 Å². The number of nitrogens with two attached hydrogens (primary N) is 1. The predicted octanol–water partition coefficient (Wildman–Crippen LogP) is 1.55. The fraction of sp³-hybridized carbons (Fsp3) is 0.300. The Morgan fingerprint density at radius 2 is 2.29 bits per heavy atom. The third-order valence-electron chi connectivity index (χ3n) is 1.90. The Bertz CT molecular complexity index is 339. The van der Waals surface area contributed by atoms with Crippen LogP contribution in [-0.2, 0) is 6.54 Å². The molecule has 0 radical (unpaired) electrons. The molecule has 0 heterocycles. The van der Waals surface area contributed by atoms with Gasteiger partial charge in [0.25, 0.3) is 0 Å². The Hall–Kier alpha value is -1.06. The molecule has 0 bridgehead atoms. The molecule has 3 nitrogen and oxygen atoms in total. The van der Waals surface area contributed by atoms with Gasteiger partial charge in [-0.3, -0.25) is 4.79 Å². The number of carbonyl (C=O) groups excluding carboxylic acids is 1. The molecule has 0 aliphatic rings. The molecule has 1 amide bonds. The van der Waals surface area contributed by atoms with Crippen molar-refractivity contribution in [2.24, 2.45) is 5.73 Å². The number of amides is 1. The molecule has 0 aliphatic heterocycles. The Balaban J connectivity index is 2.84. The highest BCUT2D eigenvalue weighted by atomic mass is 35.5. The maximum Gasteiger partial charge on any atom is 0.248 e. The summed E-state index contributed by atoms with van der Waals surface area (Å²) in [5, 5.41) is 3.72. The van der Waals surface area contributed by atoms with E-state index in [0.29, 0.717) is 17.1 Å². The minimum Gasteiger partial charge on any atom is -0.366 e. The monoisotopic (exact) mass is 212 g/mol. The van der Waals surface area contributed by atoms with Crippen LogP contribution in [0.1, 0.15) is 22.8 Å². The first-order valence-electron chi connectivity index (χ1n) is 4.44. The Morgan fingerprint density at radius 1 is 1.57 bits per heavy atom. The van der Waals surface area contributed by atoms with Gasteiger partial charge in [0.1, 0.15) is 0 Å². The van der Waals surface area contributed by atoms with E-state index in [0.717, 1.165) is 12.1 Å². The molecule has 0 unspecified atom stereocenters. The number of hydrogen-bond acceptors (Lipinski definition) is 2. The fourth-order valence-corrected chi connectivity index (χ4v) is 1.35. The molecule has 0 atom stereocenters. The van der Waals surface area contributed by atoms with Crippen LogP contribution in [0.3, 0.4) is 0 Å². The summed E-state index contributed by atoms with van der Waals surface area (Å²) in [5.74, 6) is -0.457. The van der Waals surface area contributed by atoms with Crippen molar-refractivity contribution >= 4 is 17.5 Å². The lowest BCUT2D eigenvalue weighted by Gasteiger charge is -2.05. The zero-order chi connectivity index (χ0) is 10.6. The lowest BCUT2D eigenvalue weighted by atomic mass is 10.1. The summed E-state index contributed by atoms with van der Waals surface area (Å²) in [5.41, 5.74) is 6.53. The third-order valence-corrected chi connectivity index (χ3v) is 2.25. The highest BCUT2D eigenvalue weighted by Crippen LogP contribution is 2.17. The second-order valence-corrected chi connectivity index (χ2v) is 3.36. The molecule has 76 valence electrons. The Morgan fingerprint density at radius 3 is 2.79 bits per heavy atom. The van der Waals surface area contributed by atoms with Crippen LogP contribution in [0.2, 0.25) is 5.02 Å². The standard InChI is InChI=1S/C10H13ClN2O/c1-2-13-6-8-4-3-7(10(12)14)5-9(8)11/h3-5,13H,2,6H2,1H3,(H2,12,14). The van der Waals surface area contributed by atoms with Gasteiger partial charge in [-0.2, -0.15) is 0 Å². The SMILES string of the molecule is CCNCc1ccc(C(N)=O)cc1Cl. The second kappa shape index (κ2) is 4.98. The Kier molecular flexibility index (Phi) is 3.92. The van der Waals surface area contributed by atoms with Crippen molar-refractivity contribution in [3.05, 3.63) is 34.3 Å². The maximum atomic E-state index is 10.8. The van der Waals surface area contributed by atoms with Crippen molar-refractivity contribution in [1.29, 1.82) is 0 Å². The zero-order valence-electron chi connectivity index (χ0n) is 8.01. The summed E-state index contributed by atoms with van der Waals surface area (Å²) in [6.45, 7) is 3.61. The van der Waals surface area contributed by atoms with Crippen LogP contribution in [0.15, 0.2) is 18.2 Å². The van der Waals surface area contributed by atoms with Gasteiger partial charge in [0.2, 0.25) is 5.91 Å². The number of carbonyl (C=O) groups is 1. The smallest absolute Gasteiger partial charge is 0.248 e. The van der Waals surface area contributed by atoms with Crippen LogP contribution in [0.4, 0.5) is 0 Å². The molecule has 1 aromatic carbocycles. The average molecular weight is 213 g/mol. The van der Waals surface area contributed by atoms with E-state index >= 15 is 0 Å². The number of halogens is 1. The maximum absolute atomic E-state index is 10.8. The average Bonchev–Trinajstić information content (AvgIpc) is 2.15. The second-order valence-electron chi connectivity index (χ2n) is 2.95. The summed E-state index contributed by atoms with van der Waals surface area (Å²) in [4.78, 5) is 10.8. The molecule has 4 heteroatoms. The predicted molar refractivity (Wildman–Crippen MR) is 57.4 cm³/mol. The number of primary amides is 1. The fourth-order valence-electron chi connectivity index (χ4n) is 1.10. The van der Waals surface area contributed by atoms with E-state index in [4.69, 9.17) is 17.3 Å². The normalized spacial score (nSPS) is 10.1.